The normalized spacial score (nSPS) is 10.5. The maximum atomic E-state index is 2.26. The molecule has 0 aliphatic carbocycles. The van der Waals surface area contributed by atoms with Crippen molar-refractivity contribution in [1.82, 2.24) is 0 Å². The molecule has 0 aliphatic heterocycles. The standard InChI is InChI=1S/C8H14Si2/c1-2-6-4-3-5-7(9)8(6)10/h3-5H,2H2,1,9-10H3. The van der Waals surface area contributed by atoms with Gasteiger partial charge in [-0.25, -0.2) is 0 Å². The van der Waals surface area contributed by atoms with Crippen LogP contribution >= 0.6 is 0 Å². The first-order chi connectivity index (χ1) is 4.75. The highest BCUT2D eigenvalue weighted by molar-refractivity contribution is 6.49. The van der Waals surface area contributed by atoms with E-state index >= 15 is 0 Å². The molecule has 0 aliphatic rings. The number of hydrogen-bond acceptors (Lipinski definition) is 0. The first-order valence-corrected chi connectivity index (χ1v) is 5.80. The molecule has 0 amide bonds. The molecule has 0 heterocycles. The molecule has 0 aromatic heterocycles. The van der Waals surface area contributed by atoms with Gasteiger partial charge in [-0.05, 0) is 6.42 Å². The molecule has 1 aromatic carbocycles. The second kappa shape index (κ2) is 3.17. The van der Waals surface area contributed by atoms with Gasteiger partial charge in [-0.1, -0.05) is 41.1 Å². The molecule has 0 saturated carbocycles. The van der Waals surface area contributed by atoms with Crippen LogP contribution in [-0.2, 0) is 6.42 Å². The van der Waals surface area contributed by atoms with Crippen LogP contribution < -0.4 is 10.4 Å². The minimum Gasteiger partial charge on any atom is -0.0722 e. The lowest BCUT2D eigenvalue weighted by atomic mass is 10.2. The zero-order chi connectivity index (χ0) is 7.56. The summed E-state index contributed by atoms with van der Waals surface area (Å²) in [6.07, 6.45) is 1.20. The van der Waals surface area contributed by atoms with Crippen LogP contribution in [0.1, 0.15) is 12.5 Å². The van der Waals surface area contributed by atoms with Gasteiger partial charge in [-0.15, -0.1) is 0 Å². The molecule has 0 atom stereocenters. The fraction of sp³-hybridized carbons (Fsp3) is 0.250. The van der Waals surface area contributed by atoms with Gasteiger partial charge >= 0.3 is 0 Å². The lowest BCUT2D eigenvalue weighted by molar-refractivity contribution is 1.16. The Bertz CT molecular complexity index is 231. The van der Waals surface area contributed by atoms with E-state index in [2.05, 4.69) is 25.1 Å². The van der Waals surface area contributed by atoms with Crippen LogP contribution in [0.15, 0.2) is 18.2 Å². The Morgan fingerprint density at radius 3 is 2.50 bits per heavy atom. The van der Waals surface area contributed by atoms with Gasteiger partial charge in [-0.2, -0.15) is 0 Å². The van der Waals surface area contributed by atoms with Crippen molar-refractivity contribution in [2.75, 3.05) is 0 Å². The summed E-state index contributed by atoms with van der Waals surface area (Å²) in [5.74, 6) is 0. The molecule has 2 heteroatoms. The molecule has 54 valence electrons. The largest absolute Gasteiger partial charge is 0.0722 e. The maximum absolute atomic E-state index is 2.26. The van der Waals surface area contributed by atoms with Gasteiger partial charge in [0.15, 0.2) is 0 Å². The molecule has 0 unspecified atom stereocenters. The van der Waals surface area contributed by atoms with Crippen molar-refractivity contribution < 1.29 is 0 Å². The summed E-state index contributed by atoms with van der Waals surface area (Å²) in [5, 5.41) is 3.25. The first-order valence-electron chi connectivity index (χ1n) is 3.80. The first kappa shape index (κ1) is 7.76. The Hall–Kier alpha value is -0.346. The molecule has 1 aromatic rings. The number of hydrogen-bond donors (Lipinski definition) is 0. The lowest BCUT2D eigenvalue weighted by Gasteiger charge is -2.04. The van der Waals surface area contributed by atoms with Gasteiger partial charge in [0.1, 0.15) is 0 Å². The minimum atomic E-state index is 1.20. The second-order valence-corrected chi connectivity index (χ2v) is 4.79. The Morgan fingerprint density at radius 1 is 1.30 bits per heavy atom. The van der Waals surface area contributed by atoms with Crippen LogP contribution in [0.4, 0.5) is 0 Å². The quantitative estimate of drug-likeness (QED) is 0.433. The summed E-state index contributed by atoms with van der Waals surface area (Å²) >= 11 is 0. The van der Waals surface area contributed by atoms with Crippen LogP contribution in [-0.4, -0.2) is 20.5 Å². The molecule has 0 nitrogen and oxygen atoms in total. The summed E-state index contributed by atoms with van der Waals surface area (Å²) in [7, 11) is 2.44. The van der Waals surface area contributed by atoms with Crippen molar-refractivity contribution in [3.8, 4) is 0 Å². The topological polar surface area (TPSA) is 0 Å². The number of aryl methyl sites for hydroxylation is 1. The van der Waals surface area contributed by atoms with E-state index in [4.69, 9.17) is 0 Å². The van der Waals surface area contributed by atoms with Crippen molar-refractivity contribution in [2.45, 2.75) is 13.3 Å². The molecule has 0 radical (unpaired) electrons. The average Bonchev–Trinajstić information content (AvgIpc) is 1.95. The van der Waals surface area contributed by atoms with Crippen molar-refractivity contribution >= 4 is 30.9 Å². The molecule has 10 heavy (non-hydrogen) atoms. The van der Waals surface area contributed by atoms with E-state index in [1.807, 2.05) is 0 Å². The predicted octanol–water partition coefficient (Wildman–Crippen LogP) is -1.77. The zero-order valence-corrected chi connectivity index (χ0v) is 10.9. The van der Waals surface area contributed by atoms with Crippen LogP contribution in [0, 0.1) is 0 Å². The second-order valence-electron chi connectivity index (χ2n) is 2.71. The van der Waals surface area contributed by atoms with Gasteiger partial charge in [0, 0.05) is 20.5 Å². The highest BCUT2D eigenvalue weighted by Gasteiger charge is 1.95. The summed E-state index contributed by atoms with van der Waals surface area (Å²) in [5.41, 5.74) is 1.57. The molecular weight excluding hydrogens is 152 g/mol. The van der Waals surface area contributed by atoms with Gasteiger partial charge in [0.05, 0.1) is 0 Å². The smallest absolute Gasteiger partial charge is 0.0386 e. The number of benzene rings is 1. The van der Waals surface area contributed by atoms with Crippen LogP contribution in [0.2, 0.25) is 0 Å². The summed E-state index contributed by atoms with van der Waals surface area (Å²) in [6.45, 7) is 2.23. The Labute approximate surface area is 68.5 Å². The monoisotopic (exact) mass is 166 g/mol. The van der Waals surface area contributed by atoms with Gasteiger partial charge < -0.3 is 0 Å². The van der Waals surface area contributed by atoms with Crippen LogP contribution in [0.3, 0.4) is 0 Å². The third-order valence-electron chi connectivity index (χ3n) is 2.10. The third kappa shape index (κ3) is 1.38. The SMILES string of the molecule is CCc1cccc([SiH3])c1[SiH3]. The summed E-state index contributed by atoms with van der Waals surface area (Å²) < 4.78 is 0. The average molecular weight is 166 g/mol. The molecule has 1 rings (SSSR count). The van der Waals surface area contributed by atoms with E-state index in [1.54, 1.807) is 15.9 Å². The molecule has 0 bridgehead atoms. The van der Waals surface area contributed by atoms with E-state index in [0.717, 1.165) is 0 Å². The number of rotatable bonds is 1. The molecule has 0 fully saturated rings. The van der Waals surface area contributed by atoms with Crippen molar-refractivity contribution in [3.63, 3.8) is 0 Å². The Morgan fingerprint density at radius 2 is 2.00 bits per heavy atom. The van der Waals surface area contributed by atoms with Crippen LogP contribution in [0.5, 0.6) is 0 Å². The van der Waals surface area contributed by atoms with Crippen molar-refractivity contribution in [3.05, 3.63) is 23.8 Å². The Kier molecular flexibility index (Phi) is 2.46. The highest BCUT2D eigenvalue weighted by Crippen LogP contribution is 1.91. The van der Waals surface area contributed by atoms with Gasteiger partial charge in [0.25, 0.3) is 0 Å². The van der Waals surface area contributed by atoms with E-state index in [0.29, 0.717) is 0 Å². The minimum absolute atomic E-state index is 1.20. The fourth-order valence-electron chi connectivity index (χ4n) is 1.19. The van der Waals surface area contributed by atoms with Gasteiger partial charge in [0.2, 0.25) is 0 Å². The van der Waals surface area contributed by atoms with E-state index < -0.39 is 0 Å². The molecular formula is C8H14Si2. The van der Waals surface area contributed by atoms with Gasteiger partial charge in [-0.3, -0.25) is 0 Å². The molecule has 0 N–H and O–H groups in total. The zero-order valence-electron chi connectivity index (χ0n) is 6.94. The molecule has 0 spiro atoms. The maximum Gasteiger partial charge on any atom is 0.0386 e. The fourth-order valence-corrected chi connectivity index (χ4v) is 2.40. The Balaban J connectivity index is 3.14. The van der Waals surface area contributed by atoms with E-state index in [-0.39, 0.29) is 0 Å². The predicted molar refractivity (Wildman–Crippen MR) is 55.0 cm³/mol. The lowest BCUT2D eigenvalue weighted by Crippen LogP contribution is -2.28. The molecule has 0 saturated heterocycles. The third-order valence-corrected chi connectivity index (χ3v) is 5.61. The van der Waals surface area contributed by atoms with Crippen molar-refractivity contribution in [1.29, 1.82) is 0 Å². The van der Waals surface area contributed by atoms with Crippen molar-refractivity contribution in [2.24, 2.45) is 0 Å². The summed E-state index contributed by atoms with van der Waals surface area (Å²) in [4.78, 5) is 0. The van der Waals surface area contributed by atoms with E-state index in [9.17, 15) is 0 Å². The highest BCUT2D eigenvalue weighted by atomic mass is 28.2. The summed E-state index contributed by atoms with van der Waals surface area (Å²) in [6, 6.07) is 6.69. The van der Waals surface area contributed by atoms with E-state index in [1.165, 1.54) is 26.9 Å². The van der Waals surface area contributed by atoms with Crippen LogP contribution in [0.25, 0.3) is 0 Å².